The number of allylic oxidation sites excluding steroid dienone is 1. The Morgan fingerprint density at radius 1 is 0.565 bits per heavy atom. The molecule has 0 aromatic heterocycles. The molecule has 0 saturated carbocycles. The number of nitrogens with one attached hydrogen (secondary N) is 1. The third-order valence-electron chi connectivity index (χ3n) is 12.5. The van der Waals surface area contributed by atoms with Crippen molar-refractivity contribution in [2.45, 2.75) is 267 Å². The van der Waals surface area contributed by atoms with Gasteiger partial charge in [-0.25, -0.2) is 0 Å². The lowest BCUT2D eigenvalue weighted by atomic mass is 9.97. The molecule has 2 aliphatic rings. The minimum absolute atomic E-state index is 0.238. The van der Waals surface area contributed by atoms with Crippen LogP contribution in [0.1, 0.15) is 194 Å². The van der Waals surface area contributed by atoms with E-state index in [-0.39, 0.29) is 18.9 Å². The highest BCUT2D eigenvalue weighted by Gasteiger charge is 2.51. The number of aliphatic hydroxyl groups is 8. The molecule has 0 aromatic rings. The highest BCUT2D eigenvalue weighted by molar-refractivity contribution is 5.76. The van der Waals surface area contributed by atoms with Crippen LogP contribution in [-0.2, 0) is 23.7 Å². The zero-order chi connectivity index (χ0) is 45.4. The van der Waals surface area contributed by atoms with Gasteiger partial charge in [-0.1, -0.05) is 180 Å². The van der Waals surface area contributed by atoms with Gasteiger partial charge in [-0.15, -0.1) is 0 Å². The molecular formula is C48H91NO13. The van der Waals surface area contributed by atoms with Crippen LogP contribution in [0.3, 0.4) is 0 Å². The predicted molar refractivity (Wildman–Crippen MR) is 240 cm³/mol. The smallest absolute Gasteiger partial charge is 0.220 e. The van der Waals surface area contributed by atoms with Crippen molar-refractivity contribution >= 4 is 5.91 Å². The lowest BCUT2D eigenvalue weighted by Crippen LogP contribution is -2.65. The first-order chi connectivity index (χ1) is 30.1. The molecule has 0 aliphatic carbocycles. The SMILES string of the molecule is CCCCCCCCCCCCC/C=C/[C@@H](O)[C@H](CO[C@@H]1OC(CO)[C@@H](O[C@@H]2OC(CO)[C@@H](O)[C@H](O)C2O)[C@H](O)C1O)NC(=O)CCCCCCCCCCCCCCCCC. The topological polar surface area (TPSA) is 228 Å². The highest BCUT2D eigenvalue weighted by Crippen LogP contribution is 2.30. The number of aliphatic hydroxyl groups excluding tert-OH is 8. The normalized spacial score (nSPS) is 27.8. The molecule has 0 spiro atoms. The van der Waals surface area contributed by atoms with Gasteiger partial charge >= 0.3 is 0 Å². The second-order valence-corrected chi connectivity index (χ2v) is 18.0. The standard InChI is InChI=1S/C48H91NO13/c1-3-5-7-9-11-13-15-17-18-20-22-24-26-28-30-32-40(53)49-36(37(52)31-29-27-25-23-21-19-16-14-12-10-8-6-4-2)35-59-47-45(58)43(56)46(39(34-51)61-47)62-48-44(57)42(55)41(54)38(33-50)60-48/h29,31,36-39,41-48,50-52,54-58H,3-28,30,32-35H2,1-2H3,(H,49,53)/b31-29+/t36-,37+,38?,39?,41+,42-,43+,44?,45?,46+,47+,48-/m0/s1. The van der Waals surface area contributed by atoms with E-state index in [1.54, 1.807) is 6.08 Å². The lowest BCUT2D eigenvalue weighted by Gasteiger charge is -2.46. The Kier molecular flexibility index (Phi) is 32.9. The molecule has 9 N–H and O–H groups in total. The van der Waals surface area contributed by atoms with E-state index < -0.39 is 86.8 Å². The number of amides is 1. The molecule has 62 heavy (non-hydrogen) atoms. The fourth-order valence-electron chi connectivity index (χ4n) is 8.35. The third-order valence-corrected chi connectivity index (χ3v) is 12.5. The number of ether oxygens (including phenoxy) is 4. The monoisotopic (exact) mass is 890 g/mol. The Morgan fingerprint density at radius 2 is 1.00 bits per heavy atom. The molecule has 0 radical (unpaired) electrons. The van der Waals surface area contributed by atoms with E-state index in [4.69, 9.17) is 18.9 Å². The van der Waals surface area contributed by atoms with Crippen LogP contribution < -0.4 is 5.32 Å². The molecule has 2 saturated heterocycles. The first-order valence-corrected chi connectivity index (χ1v) is 24.9. The summed E-state index contributed by atoms with van der Waals surface area (Å²) < 4.78 is 22.7. The Hall–Kier alpha value is -1.27. The molecule has 4 unspecified atom stereocenters. The van der Waals surface area contributed by atoms with Gasteiger partial charge in [0.1, 0.15) is 48.8 Å². The van der Waals surface area contributed by atoms with Crippen LogP contribution in [-0.4, -0.2) is 140 Å². The van der Waals surface area contributed by atoms with E-state index >= 15 is 0 Å². The van der Waals surface area contributed by atoms with Crippen molar-refractivity contribution in [3.63, 3.8) is 0 Å². The quantitative estimate of drug-likeness (QED) is 0.0257. The summed E-state index contributed by atoms with van der Waals surface area (Å²) in [7, 11) is 0. The summed E-state index contributed by atoms with van der Waals surface area (Å²) in [4.78, 5) is 13.1. The molecule has 2 fully saturated rings. The number of carbonyl (C=O) groups is 1. The van der Waals surface area contributed by atoms with Crippen molar-refractivity contribution in [2.75, 3.05) is 19.8 Å². The van der Waals surface area contributed by atoms with Crippen molar-refractivity contribution in [2.24, 2.45) is 0 Å². The van der Waals surface area contributed by atoms with Gasteiger partial charge in [-0.3, -0.25) is 4.79 Å². The Balaban J connectivity index is 1.86. The van der Waals surface area contributed by atoms with Crippen molar-refractivity contribution in [1.29, 1.82) is 0 Å². The molecule has 14 nitrogen and oxygen atoms in total. The molecule has 0 aromatic carbocycles. The zero-order valence-corrected chi connectivity index (χ0v) is 38.6. The van der Waals surface area contributed by atoms with Gasteiger partial charge in [0.05, 0.1) is 32.0 Å². The summed E-state index contributed by atoms with van der Waals surface area (Å²) in [6.45, 7) is 2.78. The molecular weight excluding hydrogens is 799 g/mol. The van der Waals surface area contributed by atoms with Crippen LogP contribution in [0.25, 0.3) is 0 Å². The molecule has 1 amide bonds. The molecule has 12 atom stereocenters. The summed E-state index contributed by atoms with van der Waals surface area (Å²) in [6.07, 6.45) is 19.6. The summed E-state index contributed by atoms with van der Waals surface area (Å²) in [5.74, 6) is -0.238. The number of carbonyl (C=O) groups excluding carboxylic acids is 1. The second kappa shape index (κ2) is 35.9. The van der Waals surface area contributed by atoms with E-state index in [1.807, 2.05) is 6.08 Å². The second-order valence-electron chi connectivity index (χ2n) is 18.0. The Bertz CT molecular complexity index is 1100. The van der Waals surface area contributed by atoms with Gasteiger partial charge in [0.25, 0.3) is 0 Å². The maximum absolute atomic E-state index is 13.1. The number of unbranched alkanes of at least 4 members (excludes halogenated alkanes) is 25. The van der Waals surface area contributed by atoms with Gasteiger partial charge in [0.2, 0.25) is 5.91 Å². The van der Waals surface area contributed by atoms with Gasteiger partial charge < -0.3 is 65.1 Å². The first kappa shape index (κ1) is 56.9. The fraction of sp³-hybridized carbons (Fsp3) is 0.938. The summed E-state index contributed by atoms with van der Waals surface area (Å²) in [5.41, 5.74) is 0. The number of rotatable bonds is 38. The van der Waals surface area contributed by atoms with E-state index in [2.05, 4.69) is 19.2 Å². The van der Waals surface area contributed by atoms with Crippen molar-refractivity contribution in [3.8, 4) is 0 Å². The summed E-state index contributed by atoms with van der Waals surface area (Å²) >= 11 is 0. The zero-order valence-electron chi connectivity index (χ0n) is 38.6. The van der Waals surface area contributed by atoms with E-state index in [9.17, 15) is 45.6 Å². The molecule has 0 bridgehead atoms. The molecule has 2 aliphatic heterocycles. The average Bonchev–Trinajstić information content (AvgIpc) is 3.27. The van der Waals surface area contributed by atoms with Gasteiger partial charge in [0.15, 0.2) is 12.6 Å². The summed E-state index contributed by atoms with van der Waals surface area (Å²) in [6, 6.07) is -0.906. The number of hydrogen-bond acceptors (Lipinski definition) is 13. The number of hydrogen-bond donors (Lipinski definition) is 9. The maximum Gasteiger partial charge on any atom is 0.220 e. The van der Waals surface area contributed by atoms with E-state index in [0.29, 0.717) is 6.42 Å². The highest BCUT2D eigenvalue weighted by atomic mass is 16.7. The van der Waals surface area contributed by atoms with Crippen LogP contribution in [0.5, 0.6) is 0 Å². The fourth-order valence-corrected chi connectivity index (χ4v) is 8.35. The first-order valence-electron chi connectivity index (χ1n) is 24.9. The van der Waals surface area contributed by atoms with Crippen molar-refractivity contribution < 1.29 is 64.6 Å². The van der Waals surface area contributed by atoms with Gasteiger partial charge in [-0.05, 0) is 19.3 Å². The lowest BCUT2D eigenvalue weighted by molar-refractivity contribution is -0.359. The van der Waals surface area contributed by atoms with Crippen LogP contribution in [0.4, 0.5) is 0 Å². The Morgan fingerprint density at radius 3 is 1.48 bits per heavy atom. The molecule has 2 heterocycles. The van der Waals surface area contributed by atoms with Crippen LogP contribution in [0.15, 0.2) is 12.2 Å². The van der Waals surface area contributed by atoms with Gasteiger partial charge in [-0.2, -0.15) is 0 Å². The molecule has 14 heteroatoms. The van der Waals surface area contributed by atoms with Crippen LogP contribution in [0, 0.1) is 0 Å². The molecule has 366 valence electrons. The van der Waals surface area contributed by atoms with Gasteiger partial charge in [0, 0.05) is 6.42 Å². The van der Waals surface area contributed by atoms with Crippen LogP contribution >= 0.6 is 0 Å². The van der Waals surface area contributed by atoms with E-state index in [1.165, 1.54) is 128 Å². The average molecular weight is 890 g/mol. The molecule has 2 rings (SSSR count). The van der Waals surface area contributed by atoms with Crippen LogP contribution in [0.2, 0.25) is 0 Å². The third kappa shape index (κ3) is 23.3. The largest absolute Gasteiger partial charge is 0.394 e. The predicted octanol–water partition coefficient (Wildman–Crippen LogP) is 5.99. The van der Waals surface area contributed by atoms with Crippen molar-refractivity contribution in [3.05, 3.63) is 12.2 Å². The van der Waals surface area contributed by atoms with E-state index in [0.717, 1.165) is 38.5 Å². The summed E-state index contributed by atoms with van der Waals surface area (Å²) in [5, 5.41) is 86.6. The van der Waals surface area contributed by atoms with Crippen molar-refractivity contribution in [1.82, 2.24) is 5.32 Å². The minimum atomic E-state index is -1.78. The Labute approximate surface area is 374 Å². The maximum atomic E-state index is 13.1. The minimum Gasteiger partial charge on any atom is -0.394 e.